The Kier molecular flexibility index (Phi) is 3.96. The molecular formula is C15H15ClO3. The summed E-state index contributed by atoms with van der Waals surface area (Å²) in [5.74, 6) is 0.846. The van der Waals surface area contributed by atoms with Crippen molar-refractivity contribution in [3.8, 4) is 11.3 Å². The molecule has 1 aromatic heterocycles. The third-order valence-electron chi connectivity index (χ3n) is 2.87. The normalized spacial score (nSPS) is 10.5. The summed E-state index contributed by atoms with van der Waals surface area (Å²) in [4.78, 5) is 11.7. The van der Waals surface area contributed by atoms with E-state index in [0.717, 1.165) is 11.1 Å². The second-order valence-corrected chi connectivity index (χ2v) is 4.70. The molecule has 100 valence electrons. The number of hydrogen-bond acceptors (Lipinski definition) is 3. The average molecular weight is 279 g/mol. The monoisotopic (exact) mass is 278 g/mol. The van der Waals surface area contributed by atoms with E-state index in [9.17, 15) is 4.79 Å². The molecule has 0 saturated carbocycles. The molecule has 0 aliphatic heterocycles. The van der Waals surface area contributed by atoms with E-state index in [1.165, 1.54) is 0 Å². The van der Waals surface area contributed by atoms with Crippen LogP contribution < -0.4 is 0 Å². The fourth-order valence-electron chi connectivity index (χ4n) is 1.93. The molecule has 1 heterocycles. The maximum Gasteiger partial charge on any atom is 0.341 e. The number of carbonyl (C=O) groups excluding carboxylic acids is 1. The highest BCUT2D eigenvalue weighted by Gasteiger charge is 2.17. The second kappa shape index (κ2) is 5.49. The number of hydrogen-bond donors (Lipinski definition) is 0. The lowest BCUT2D eigenvalue weighted by Crippen LogP contribution is -2.04. The van der Waals surface area contributed by atoms with Gasteiger partial charge in [0.05, 0.1) is 6.61 Å². The van der Waals surface area contributed by atoms with Crippen LogP contribution in [0.4, 0.5) is 0 Å². The predicted molar refractivity (Wildman–Crippen MR) is 74.6 cm³/mol. The van der Waals surface area contributed by atoms with Crippen molar-refractivity contribution in [2.45, 2.75) is 20.8 Å². The lowest BCUT2D eigenvalue weighted by Gasteiger charge is -2.02. The Morgan fingerprint density at radius 3 is 2.68 bits per heavy atom. The second-order valence-electron chi connectivity index (χ2n) is 4.26. The van der Waals surface area contributed by atoms with E-state index < -0.39 is 0 Å². The van der Waals surface area contributed by atoms with Crippen LogP contribution in [0.25, 0.3) is 11.3 Å². The molecule has 0 unspecified atom stereocenters. The first-order valence-corrected chi connectivity index (χ1v) is 6.44. The van der Waals surface area contributed by atoms with Gasteiger partial charge in [0.2, 0.25) is 0 Å². The molecule has 0 aliphatic rings. The van der Waals surface area contributed by atoms with Gasteiger partial charge in [-0.1, -0.05) is 11.6 Å². The highest BCUT2D eigenvalue weighted by atomic mass is 35.5. The standard InChI is InChI=1S/C15H15ClO3/c1-4-18-15(17)13-8-14(19-10(13)3)12-6-5-11(16)7-9(12)2/h5-8H,4H2,1-3H3. The molecule has 0 radical (unpaired) electrons. The third kappa shape index (κ3) is 2.82. The molecule has 0 aliphatic carbocycles. The molecule has 2 rings (SSSR count). The van der Waals surface area contributed by atoms with Crippen LogP contribution in [0.1, 0.15) is 28.6 Å². The van der Waals surface area contributed by atoms with Gasteiger partial charge in [-0.05, 0) is 50.6 Å². The van der Waals surface area contributed by atoms with E-state index in [4.69, 9.17) is 20.8 Å². The Morgan fingerprint density at radius 2 is 2.05 bits per heavy atom. The molecule has 0 atom stereocenters. The van der Waals surface area contributed by atoms with Gasteiger partial charge in [-0.15, -0.1) is 0 Å². The maximum atomic E-state index is 11.7. The first kappa shape index (κ1) is 13.7. The van der Waals surface area contributed by atoms with E-state index in [1.807, 2.05) is 19.1 Å². The van der Waals surface area contributed by atoms with Crippen molar-refractivity contribution < 1.29 is 13.9 Å². The SMILES string of the molecule is CCOC(=O)c1cc(-c2ccc(Cl)cc2C)oc1C. The van der Waals surface area contributed by atoms with Crippen LogP contribution >= 0.6 is 11.6 Å². The fourth-order valence-corrected chi connectivity index (χ4v) is 2.16. The summed E-state index contributed by atoms with van der Waals surface area (Å²) in [6.07, 6.45) is 0. The highest BCUT2D eigenvalue weighted by molar-refractivity contribution is 6.30. The number of halogens is 1. The van der Waals surface area contributed by atoms with Gasteiger partial charge in [0.25, 0.3) is 0 Å². The van der Waals surface area contributed by atoms with E-state index in [-0.39, 0.29) is 5.97 Å². The van der Waals surface area contributed by atoms with Crippen LogP contribution in [0.3, 0.4) is 0 Å². The van der Waals surface area contributed by atoms with Crippen molar-refractivity contribution in [1.82, 2.24) is 0 Å². The van der Waals surface area contributed by atoms with Crippen LogP contribution in [0.15, 0.2) is 28.7 Å². The summed E-state index contributed by atoms with van der Waals surface area (Å²) in [6, 6.07) is 7.25. The van der Waals surface area contributed by atoms with Crippen molar-refractivity contribution in [3.63, 3.8) is 0 Å². The number of ether oxygens (including phenoxy) is 1. The third-order valence-corrected chi connectivity index (χ3v) is 3.10. The van der Waals surface area contributed by atoms with Crippen LogP contribution in [-0.2, 0) is 4.74 Å². The van der Waals surface area contributed by atoms with Gasteiger partial charge in [0, 0.05) is 10.6 Å². The maximum absolute atomic E-state index is 11.7. The Morgan fingerprint density at radius 1 is 1.32 bits per heavy atom. The number of esters is 1. The summed E-state index contributed by atoms with van der Waals surface area (Å²) in [5.41, 5.74) is 2.38. The molecule has 4 heteroatoms. The number of benzene rings is 1. The lowest BCUT2D eigenvalue weighted by molar-refractivity contribution is 0.0524. The molecule has 0 N–H and O–H groups in total. The van der Waals surface area contributed by atoms with Gasteiger partial charge in [0.15, 0.2) is 0 Å². The number of rotatable bonds is 3. The van der Waals surface area contributed by atoms with Crippen molar-refractivity contribution in [2.24, 2.45) is 0 Å². The summed E-state index contributed by atoms with van der Waals surface area (Å²) in [6.45, 7) is 5.82. The minimum atomic E-state index is -0.360. The van der Waals surface area contributed by atoms with Crippen LogP contribution in [-0.4, -0.2) is 12.6 Å². The van der Waals surface area contributed by atoms with Crippen LogP contribution in [0.2, 0.25) is 5.02 Å². The molecule has 0 fully saturated rings. The van der Waals surface area contributed by atoms with Gasteiger partial charge >= 0.3 is 5.97 Å². The van der Waals surface area contributed by atoms with Gasteiger partial charge in [0.1, 0.15) is 17.1 Å². The molecular weight excluding hydrogens is 264 g/mol. The molecule has 2 aromatic rings. The zero-order valence-electron chi connectivity index (χ0n) is 11.1. The van der Waals surface area contributed by atoms with Crippen molar-refractivity contribution in [3.05, 3.63) is 46.2 Å². The summed E-state index contributed by atoms with van der Waals surface area (Å²) >= 11 is 5.93. The number of aryl methyl sites for hydroxylation is 2. The van der Waals surface area contributed by atoms with Crippen LogP contribution in [0, 0.1) is 13.8 Å². The van der Waals surface area contributed by atoms with Gasteiger partial charge in [-0.2, -0.15) is 0 Å². The Bertz CT molecular complexity index is 614. The fraction of sp³-hybridized carbons (Fsp3) is 0.267. The lowest BCUT2D eigenvalue weighted by atomic mass is 10.1. The number of furan rings is 1. The van der Waals surface area contributed by atoms with Crippen molar-refractivity contribution in [2.75, 3.05) is 6.61 Å². The number of carbonyl (C=O) groups is 1. The first-order chi connectivity index (χ1) is 9.02. The van der Waals surface area contributed by atoms with E-state index in [0.29, 0.717) is 28.7 Å². The van der Waals surface area contributed by atoms with Crippen molar-refractivity contribution in [1.29, 1.82) is 0 Å². The Labute approximate surface area is 117 Å². The molecule has 0 amide bonds. The molecule has 0 saturated heterocycles. The van der Waals surface area contributed by atoms with Crippen LogP contribution in [0.5, 0.6) is 0 Å². The Balaban J connectivity index is 2.42. The Hall–Kier alpha value is -1.74. The summed E-state index contributed by atoms with van der Waals surface area (Å²) in [7, 11) is 0. The highest BCUT2D eigenvalue weighted by Crippen LogP contribution is 2.29. The van der Waals surface area contributed by atoms with E-state index in [1.54, 1.807) is 26.0 Å². The minimum Gasteiger partial charge on any atom is -0.462 e. The topological polar surface area (TPSA) is 39.4 Å². The zero-order chi connectivity index (χ0) is 14.0. The molecule has 3 nitrogen and oxygen atoms in total. The first-order valence-electron chi connectivity index (χ1n) is 6.07. The quantitative estimate of drug-likeness (QED) is 0.782. The predicted octanol–water partition coefficient (Wildman–Crippen LogP) is 4.39. The van der Waals surface area contributed by atoms with Gasteiger partial charge < -0.3 is 9.15 Å². The smallest absolute Gasteiger partial charge is 0.341 e. The van der Waals surface area contributed by atoms with Gasteiger partial charge in [-0.3, -0.25) is 0 Å². The van der Waals surface area contributed by atoms with Crippen molar-refractivity contribution >= 4 is 17.6 Å². The van der Waals surface area contributed by atoms with E-state index in [2.05, 4.69) is 0 Å². The zero-order valence-corrected chi connectivity index (χ0v) is 11.9. The summed E-state index contributed by atoms with van der Waals surface area (Å²) < 4.78 is 10.6. The molecule has 0 bridgehead atoms. The minimum absolute atomic E-state index is 0.346. The largest absolute Gasteiger partial charge is 0.462 e. The summed E-state index contributed by atoms with van der Waals surface area (Å²) in [5, 5.41) is 0.676. The molecule has 0 spiro atoms. The molecule has 1 aromatic carbocycles. The van der Waals surface area contributed by atoms with E-state index >= 15 is 0 Å². The average Bonchev–Trinajstić information content (AvgIpc) is 2.71. The van der Waals surface area contributed by atoms with Gasteiger partial charge in [-0.25, -0.2) is 4.79 Å². The molecule has 19 heavy (non-hydrogen) atoms.